The molecule has 0 saturated carbocycles. The van der Waals surface area contributed by atoms with Crippen LogP contribution in [0.1, 0.15) is 33.4 Å². The van der Waals surface area contributed by atoms with Gasteiger partial charge in [0.15, 0.2) is 0 Å². The Hall–Kier alpha value is -4.12. The number of ether oxygens (including phenoxy) is 4. The largest absolute Gasteiger partial charge is 0.497 e. The molecule has 5 rings (SSSR count). The van der Waals surface area contributed by atoms with Crippen molar-refractivity contribution in [3.8, 4) is 23.0 Å². The van der Waals surface area contributed by atoms with Gasteiger partial charge < -0.3 is 18.9 Å². The first kappa shape index (κ1) is 33.2. The molecular formula is C40H40Cl2O4. The van der Waals surface area contributed by atoms with E-state index in [1.165, 1.54) is 0 Å². The van der Waals surface area contributed by atoms with Crippen LogP contribution in [0.3, 0.4) is 0 Å². The van der Waals surface area contributed by atoms with Crippen molar-refractivity contribution in [3.63, 3.8) is 0 Å². The average molecular weight is 656 g/mol. The van der Waals surface area contributed by atoms with Crippen LogP contribution >= 0.6 is 23.2 Å². The fourth-order valence-corrected chi connectivity index (χ4v) is 6.73. The minimum absolute atomic E-state index is 0.611. The summed E-state index contributed by atoms with van der Waals surface area (Å²) in [5, 5.41) is 0. The van der Waals surface area contributed by atoms with Gasteiger partial charge in [-0.1, -0.05) is 72.8 Å². The lowest BCUT2D eigenvalue weighted by molar-refractivity contribution is 0.414. The van der Waals surface area contributed by atoms with Gasteiger partial charge in [-0.15, -0.1) is 23.2 Å². The summed E-state index contributed by atoms with van der Waals surface area (Å²) in [6, 6.07) is 40.9. The van der Waals surface area contributed by atoms with Crippen LogP contribution in [-0.4, -0.2) is 28.4 Å². The second-order valence-corrected chi connectivity index (χ2v) is 13.1. The third kappa shape index (κ3) is 8.17. The molecule has 0 aliphatic carbocycles. The van der Waals surface area contributed by atoms with Gasteiger partial charge in [0, 0.05) is 0 Å². The third-order valence-corrected chi connectivity index (χ3v) is 9.44. The highest BCUT2D eigenvalue weighted by atomic mass is 35.5. The molecule has 0 aliphatic rings. The average Bonchev–Trinajstić information content (AvgIpc) is 3.09. The van der Waals surface area contributed by atoms with Gasteiger partial charge in [0.2, 0.25) is 0 Å². The van der Waals surface area contributed by atoms with Gasteiger partial charge in [-0.2, -0.15) is 0 Å². The van der Waals surface area contributed by atoms with Gasteiger partial charge in [-0.25, -0.2) is 0 Å². The van der Waals surface area contributed by atoms with Gasteiger partial charge >= 0.3 is 0 Å². The molecule has 0 aromatic heterocycles. The number of alkyl halides is 2. The van der Waals surface area contributed by atoms with Crippen molar-refractivity contribution >= 4 is 23.2 Å². The Bertz CT molecular complexity index is 1460. The van der Waals surface area contributed by atoms with Crippen molar-refractivity contribution in [1.29, 1.82) is 0 Å². The molecule has 46 heavy (non-hydrogen) atoms. The first-order valence-electron chi connectivity index (χ1n) is 15.3. The van der Waals surface area contributed by atoms with Gasteiger partial charge in [-0.05, 0) is 108 Å². The predicted octanol–water partition coefficient (Wildman–Crippen LogP) is 9.56. The number of methoxy groups -OCH3 is 4. The Morgan fingerprint density at radius 3 is 0.848 bits per heavy atom. The van der Waals surface area contributed by atoms with E-state index in [0.29, 0.717) is 25.7 Å². The number of rotatable bonds is 14. The van der Waals surface area contributed by atoms with Crippen molar-refractivity contribution in [3.05, 3.63) is 155 Å². The molecule has 238 valence electrons. The second-order valence-electron chi connectivity index (χ2n) is 11.6. The van der Waals surface area contributed by atoms with Crippen molar-refractivity contribution in [1.82, 2.24) is 0 Å². The van der Waals surface area contributed by atoms with E-state index in [4.69, 9.17) is 42.1 Å². The molecular weight excluding hydrogens is 615 g/mol. The molecule has 0 N–H and O–H groups in total. The molecule has 0 atom stereocenters. The molecule has 0 heterocycles. The monoisotopic (exact) mass is 654 g/mol. The molecule has 0 aliphatic heterocycles. The van der Waals surface area contributed by atoms with Crippen LogP contribution in [0.2, 0.25) is 0 Å². The van der Waals surface area contributed by atoms with Crippen LogP contribution in [0.15, 0.2) is 121 Å². The molecule has 4 nitrogen and oxygen atoms in total. The van der Waals surface area contributed by atoms with E-state index in [0.717, 1.165) is 56.4 Å². The Kier molecular flexibility index (Phi) is 10.8. The van der Waals surface area contributed by atoms with Gasteiger partial charge in [-0.3, -0.25) is 0 Å². The van der Waals surface area contributed by atoms with Crippen LogP contribution in [0.4, 0.5) is 0 Å². The maximum Gasteiger partial charge on any atom is 0.118 e. The topological polar surface area (TPSA) is 36.9 Å². The van der Waals surface area contributed by atoms with E-state index in [2.05, 4.69) is 72.8 Å². The SMILES string of the molecule is COc1ccc(CC(Cl)(Cc2ccc(OC)cc2)c2cccc(C(Cl)(Cc3ccc(OC)cc3)Cc3ccc(OC)cc3)c2)cc1. The van der Waals surface area contributed by atoms with Gasteiger partial charge in [0.1, 0.15) is 23.0 Å². The van der Waals surface area contributed by atoms with E-state index in [-0.39, 0.29) is 0 Å². The van der Waals surface area contributed by atoms with E-state index in [1.807, 2.05) is 48.5 Å². The Labute approximate surface area is 282 Å². The predicted molar refractivity (Wildman–Crippen MR) is 188 cm³/mol. The highest BCUT2D eigenvalue weighted by Crippen LogP contribution is 2.42. The summed E-state index contributed by atoms with van der Waals surface area (Å²) in [6.07, 6.45) is 2.45. The second kappa shape index (κ2) is 15.0. The number of halogens is 2. The van der Waals surface area contributed by atoms with Crippen molar-refractivity contribution in [2.45, 2.75) is 35.4 Å². The van der Waals surface area contributed by atoms with Crippen LogP contribution < -0.4 is 18.9 Å². The Balaban J connectivity index is 1.56. The zero-order valence-corrected chi connectivity index (χ0v) is 28.3. The van der Waals surface area contributed by atoms with E-state index in [1.54, 1.807) is 28.4 Å². The minimum atomic E-state index is -0.753. The smallest absolute Gasteiger partial charge is 0.118 e. The first-order chi connectivity index (χ1) is 22.3. The number of benzene rings is 5. The molecule has 0 spiro atoms. The van der Waals surface area contributed by atoms with Crippen molar-refractivity contribution in [2.75, 3.05) is 28.4 Å². The lowest BCUT2D eigenvalue weighted by Crippen LogP contribution is -2.28. The Morgan fingerprint density at radius 2 is 0.630 bits per heavy atom. The standard InChI is InChI=1S/C40H40Cl2O4/c1-43-35-16-8-29(9-17-35)25-39(41,26-30-10-18-36(44-2)19-11-30)33-6-5-7-34(24-33)40(42,27-31-12-20-37(45-3)21-13-31)28-32-14-22-38(46-4)23-15-32/h5-24H,25-28H2,1-4H3. The van der Waals surface area contributed by atoms with Crippen LogP contribution in [0.5, 0.6) is 23.0 Å². The zero-order valence-electron chi connectivity index (χ0n) is 26.8. The highest BCUT2D eigenvalue weighted by Gasteiger charge is 2.35. The summed E-state index contributed by atoms with van der Waals surface area (Å²) in [4.78, 5) is -1.51. The molecule has 5 aromatic rings. The molecule has 0 amide bonds. The maximum atomic E-state index is 7.76. The zero-order chi connectivity index (χ0) is 32.6. The molecule has 0 unspecified atom stereocenters. The van der Waals surface area contributed by atoms with Crippen molar-refractivity contribution < 1.29 is 18.9 Å². The summed E-state index contributed by atoms with van der Waals surface area (Å²) in [7, 11) is 6.69. The Morgan fingerprint density at radius 1 is 0.391 bits per heavy atom. The van der Waals surface area contributed by atoms with Gasteiger partial charge in [0.05, 0.1) is 38.2 Å². The summed E-state index contributed by atoms with van der Waals surface area (Å²) in [5.74, 6) is 3.24. The van der Waals surface area contributed by atoms with Crippen LogP contribution in [0.25, 0.3) is 0 Å². The van der Waals surface area contributed by atoms with Crippen molar-refractivity contribution in [2.24, 2.45) is 0 Å². The quantitative estimate of drug-likeness (QED) is 0.112. The summed E-state index contributed by atoms with van der Waals surface area (Å²) in [5.41, 5.74) is 6.47. The molecule has 0 saturated heterocycles. The molecule has 0 radical (unpaired) electrons. The summed E-state index contributed by atoms with van der Waals surface area (Å²) in [6.45, 7) is 0. The highest BCUT2D eigenvalue weighted by molar-refractivity contribution is 6.25. The van der Waals surface area contributed by atoms with Crippen LogP contribution in [0, 0.1) is 0 Å². The normalized spacial score (nSPS) is 11.6. The minimum Gasteiger partial charge on any atom is -0.497 e. The van der Waals surface area contributed by atoms with E-state index < -0.39 is 9.75 Å². The van der Waals surface area contributed by atoms with E-state index in [9.17, 15) is 0 Å². The summed E-state index contributed by atoms with van der Waals surface area (Å²) < 4.78 is 21.6. The van der Waals surface area contributed by atoms with Crippen LogP contribution in [-0.2, 0) is 35.4 Å². The first-order valence-corrected chi connectivity index (χ1v) is 16.0. The lowest BCUT2D eigenvalue weighted by atomic mass is 9.81. The number of hydrogen-bond acceptors (Lipinski definition) is 4. The maximum absolute atomic E-state index is 7.76. The molecule has 0 fully saturated rings. The van der Waals surface area contributed by atoms with Gasteiger partial charge in [0.25, 0.3) is 0 Å². The fraction of sp³-hybridized carbons (Fsp3) is 0.250. The molecule has 5 aromatic carbocycles. The number of hydrogen-bond donors (Lipinski definition) is 0. The lowest BCUT2D eigenvalue weighted by Gasteiger charge is -2.32. The molecule has 0 bridgehead atoms. The fourth-order valence-electron chi connectivity index (χ4n) is 5.88. The van der Waals surface area contributed by atoms with E-state index >= 15 is 0 Å². The third-order valence-electron chi connectivity index (χ3n) is 8.47. The molecule has 6 heteroatoms. The summed E-state index contributed by atoms with van der Waals surface area (Å²) >= 11 is 15.5.